The van der Waals surface area contributed by atoms with Crippen LogP contribution in [0.5, 0.6) is 0 Å². The van der Waals surface area contributed by atoms with Crippen molar-refractivity contribution in [3.63, 3.8) is 0 Å². The molecule has 1 unspecified atom stereocenters. The number of hydrogen-bond acceptors (Lipinski definition) is 4. The molecular formula is C12H23NO5. The van der Waals surface area contributed by atoms with Crippen LogP contribution in [0, 0.1) is 5.92 Å². The van der Waals surface area contributed by atoms with E-state index in [4.69, 9.17) is 14.6 Å². The number of carbonyl (C=O) groups is 2. The Balaban J connectivity index is 4.73. The van der Waals surface area contributed by atoms with E-state index in [-0.39, 0.29) is 5.92 Å². The molecule has 0 aromatic carbocycles. The van der Waals surface area contributed by atoms with Gasteiger partial charge >= 0.3 is 12.1 Å². The molecule has 2 atom stereocenters. The fraction of sp³-hybridized carbons (Fsp3) is 0.833. The number of alkyl carbamates (subject to hydrolysis) is 1. The molecule has 0 radical (unpaired) electrons. The smallest absolute Gasteiger partial charge is 0.408 e. The first-order chi connectivity index (χ1) is 8.08. The maximum absolute atomic E-state index is 11.6. The second-order valence-corrected chi connectivity index (χ2v) is 5.41. The quantitative estimate of drug-likeness (QED) is 0.785. The third kappa shape index (κ3) is 5.86. The number of carboxylic acid groups (broad SMARTS) is 1. The van der Waals surface area contributed by atoms with E-state index in [1.807, 2.05) is 13.8 Å². The second-order valence-electron chi connectivity index (χ2n) is 5.41. The highest BCUT2D eigenvalue weighted by Crippen LogP contribution is 2.12. The lowest BCUT2D eigenvalue weighted by atomic mass is 9.99. The highest BCUT2D eigenvalue weighted by molar-refractivity contribution is 5.80. The Morgan fingerprint density at radius 3 is 2.00 bits per heavy atom. The SMILES string of the molecule is COC(C(C)C)[C@H](NC(=O)OC(C)(C)C)C(=O)O. The van der Waals surface area contributed by atoms with Crippen LogP contribution in [-0.2, 0) is 14.3 Å². The Labute approximate surface area is 108 Å². The lowest BCUT2D eigenvalue weighted by molar-refractivity contribution is -0.144. The van der Waals surface area contributed by atoms with Crippen LogP contribution < -0.4 is 5.32 Å². The first-order valence-corrected chi connectivity index (χ1v) is 5.83. The van der Waals surface area contributed by atoms with Gasteiger partial charge in [0, 0.05) is 7.11 Å². The maximum atomic E-state index is 11.6. The molecule has 0 saturated heterocycles. The standard InChI is InChI=1S/C12H23NO5/c1-7(2)9(17-6)8(10(14)15)13-11(16)18-12(3,4)5/h7-9H,1-6H3,(H,13,16)(H,14,15)/t8-,9?/m0/s1. The molecule has 0 heterocycles. The van der Waals surface area contributed by atoms with E-state index >= 15 is 0 Å². The number of hydrogen-bond donors (Lipinski definition) is 2. The Hall–Kier alpha value is -1.30. The lowest BCUT2D eigenvalue weighted by Crippen LogP contribution is -2.52. The van der Waals surface area contributed by atoms with Crippen LogP contribution in [-0.4, -0.2) is 42.0 Å². The van der Waals surface area contributed by atoms with Gasteiger partial charge in [0.1, 0.15) is 5.60 Å². The van der Waals surface area contributed by atoms with Gasteiger partial charge in [-0.1, -0.05) is 13.8 Å². The molecule has 1 amide bonds. The van der Waals surface area contributed by atoms with Gasteiger partial charge in [0.15, 0.2) is 6.04 Å². The zero-order chi connectivity index (χ0) is 14.5. The number of ether oxygens (including phenoxy) is 2. The number of carboxylic acids is 1. The van der Waals surface area contributed by atoms with Gasteiger partial charge in [0.05, 0.1) is 6.10 Å². The maximum Gasteiger partial charge on any atom is 0.408 e. The zero-order valence-electron chi connectivity index (χ0n) is 11.8. The molecule has 0 bridgehead atoms. The van der Waals surface area contributed by atoms with Gasteiger partial charge in [-0.15, -0.1) is 0 Å². The molecule has 0 saturated carbocycles. The molecule has 0 aliphatic rings. The number of methoxy groups -OCH3 is 1. The van der Waals surface area contributed by atoms with E-state index < -0.39 is 29.8 Å². The van der Waals surface area contributed by atoms with Gasteiger partial charge in [0.25, 0.3) is 0 Å². The summed E-state index contributed by atoms with van der Waals surface area (Å²) in [7, 11) is 1.41. The molecule has 0 aromatic heterocycles. The Kier molecular flexibility index (Phi) is 6.11. The number of carbonyl (C=O) groups excluding carboxylic acids is 1. The molecule has 0 aliphatic heterocycles. The number of rotatable bonds is 5. The molecule has 0 fully saturated rings. The third-order valence-electron chi connectivity index (χ3n) is 2.20. The van der Waals surface area contributed by atoms with E-state index in [9.17, 15) is 9.59 Å². The minimum Gasteiger partial charge on any atom is -0.480 e. The van der Waals surface area contributed by atoms with Crippen molar-refractivity contribution in [1.82, 2.24) is 5.32 Å². The van der Waals surface area contributed by atoms with Crippen molar-refractivity contribution in [2.75, 3.05) is 7.11 Å². The van der Waals surface area contributed by atoms with Gasteiger partial charge in [0.2, 0.25) is 0 Å². The van der Waals surface area contributed by atoms with Crippen LogP contribution in [0.2, 0.25) is 0 Å². The summed E-state index contributed by atoms with van der Waals surface area (Å²) in [6, 6.07) is -1.13. The topological polar surface area (TPSA) is 84.9 Å². The van der Waals surface area contributed by atoms with Crippen molar-refractivity contribution in [2.24, 2.45) is 5.92 Å². The molecule has 6 nitrogen and oxygen atoms in total. The minimum atomic E-state index is -1.15. The molecular weight excluding hydrogens is 238 g/mol. The number of amides is 1. The summed E-state index contributed by atoms with van der Waals surface area (Å²) in [4.78, 5) is 22.7. The average Bonchev–Trinajstić information content (AvgIpc) is 2.13. The van der Waals surface area contributed by atoms with Crippen LogP contribution in [0.1, 0.15) is 34.6 Å². The first-order valence-electron chi connectivity index (χ1n) is 5.83. The molecule has 2 N–H and O–H groups in total. The van der Waals surface area contributed by atoms with Crippen molar-refractivity contribution < 1.29 is 24.2 Å². The molecule has 6 heteroatoms. The summed E-state index contributed by atoms with van der Waals surface area (Å²) in [6.45, 7) is 8.76. The van der Waals surface area contributed by atoms with Crippen molar-refractivity contribution in [1.29, 1.82) is 0 Å². The van der Waals surface area contributed by atoms with Crippen LogP contribution >= 0.6 is 0 Å². The summed E-state index contributed by atoms with van der Waals surface area (Å²) in [5, 5.41) is 11.4. The van der Waals surface area contributed by atoms with Gasteiger partial charge in [-0.05, 0) is 26.7 Å². The van der Waals surface area contributed by atoms with Crippen LogP contribution in [0.15, 0.2) is 0 Å². The van der Waals surface area contributed by atoms with Crippen LogP contribution in [0.25, 0.3) is 0 Å². The first kappa shape index (κ1) is 16.7. The number of nitrogens with one attached hydrogen (secondary N) is 1. The monoisotopic (exact) mass is 261 g/mol. The Morgan fingerprint density at radius 1 is 1.22 bits per heavy atom. The fourth-order valence-electron chi connectivity index (χ4n) is 1.51. The van der Waals surface area contributed by atoms with Gasteiger partial charge < -0.3 is 19.9 Å². The summed E-state index contributed by atoms with van der Waals surface area (Å²) in [5.74, 6) is -1.20. The highest BCUT2D eigenvalue weighted by Gasteiger charge is 2.33. The van der Waals surface area contributed by atoms with E-state index in [1.165, 1.54) is 7.11 Å². The van der Waals surface area contributed by atoms with Crippen molar-refractivity contribution >= 4 is 12.1 Å². The van der Waals surface area contributed by atoms with Crippen LogP contribution in [0.4, 0.5) is 4.79 Å². The average molecular weight is 261 g/mol. The zero-order valence-corrected chi connectivity index (χ0v) is 11.8. The molecule has 0 aromatic rings. The van der Waals surface area contributed by atoms with Gasteiger partial charge in [-0.2, -0.15) is 0 Å². The minimum absolute atomic E-state index is 0.0500. The fourth-order valence-corrected chi connectivity index (χ4v) is 1.51. The molecule has 0 aliphatic carbocycles. The lowest BCUT2D eigenvalue weighted by Gasteiger charge is -2.28. The third-order valence-corrected chi connectivity index (χ3v) is 2.20. The Morgan fingerprint density at radius 2 is 1.72 bits per heavy atom. The summed E-state index contributed by atoms with van der Waals surface area (Å²) >= 11 is 0. The molecule has 18 heavy (non-hydrogen) atoms. The van der Waals surface area contributed by atoms with Crippen molar-refractivity contribution in [2.45, 2.75) is 52.4 Å². The van der Waals surface area contributed by atoms with Gasteiger partial charge in [-0.3, -0.25) is 0 Å². The molecule has 0 rings (SSSR count). The van der Waals surface area contributed by atoms with Crippen molar-refractivity contribution in [3.8, 4) is 0 Å². The largest absolute Gasteiger partial charge is 0.480 e. The highest BCUT2D eigenvalue weighted by atomic mass is 16.6. The molecule has 0 spiro atoms. The predicted molar refractivity (Wildman–Crippen MR) is 66.4 cm³/mol. The normalized spacial score (nSPS) is 15.1. The summed E-state index contributed by atoms with van der Waals surface area (Å²) < 4.78 is 10.1. The van der Waals surface area contributed by atoms with E-state index in [0.717, 1.165) is 0 Å². The van der Waals surface area contributed by atoms with E-state index in [1.54, 1.807) is 20.8 Å². The Bertz CT molecular complexity index is 295. The number of aliphatic carboxylic acids is 1. The van der Waals surface area contributed by atoms with Gasteiger partial charge in [-0.25, -0.2) is 9.59 Å². The van der Waals surface area contributed by atoms with Crippen molar-refractivity contribution in [3.05, 3.63) is 0 Å². The summed E-state index contributed by atoms with van der Waals surface area (Å²) in [6.07, 6.45) is -1.38. The second kappa shape index (κ2) is 6.58. The van der Waals surface area contributed by atoms with E-state index in [0.29, 0.717) is 0 Å². The summed E-state index contributed by atoms with van der Waals surface area (Å²) in [5.41, 5.74) is -0.673. The van der Waals surface area contributed by atoms with Crippen LogP contribution in [0.3, 0.4) is 0 Å². The molecule has 106 valence electrons. The van der Waals surface area contributed by atoms with E-state index in [2.05, 4.69) is 5.32 Å². The predicted octanol–water partition coefficient (Wildman–Crippen LogP) is 1.64.